The normalized spacial score (nSPS) is 19.3. The van der Waals surface area contributed by atoms with E-state index >= 15 is 0 Å². The van der Waals surface area contributed by atoms with E-state index in [1.54, 1.807) is 0 Å². The van der Waals surface area contributed by atoms with Crippen LogP contribution < -0.4 is 5.32 Å². The van der Waals surface area contributed by atoms with Crippen LogP contribution in [0.4, 0.5) is 0 Å². The fourth-order valence-corrected chi connectivity index (χ4v) is 0.865. The van der Waals surface area contributed by atoms with Gasteiger partial charge in [0, 0.05) is 0 Å². The SMILES string of the molecule is CC1=CNC=C(C)CC1. The summed E-state index contributed by atoms with van der Waals surface area (Å²) in [6, 6.07) is 0. The van der Waals surface area contributed by atoms with E-state index in [2.05, 4.69) is 31.6 Å². The Morgan fingerprint density at radius 3 is 2.00 bits per heavy atom. The topological polar surface area (TPSA) is 12.0 Å². The monoisotopic (exact) mass is 123 g/mol. The van der Waals surface area contributed by atoms with Crippen molar-refractivity contribution in [2.75, 3.05) is 0 Å². The minimum atomic E-state index is 1.20. The summed E-state index contributed by atoms with van der Waals surface area (Å²) in [6.07, 6.45) is 6.54. The van der Waals surface area contributed by atoms with Gasteiger partial charge in [-0.05, 0) is 39.1 Å². The van der Waals surface area contributed by atoms with E-state index in [9.17, 15) is 0 Å². The lowest BCUT2D eigenvalue weighted by Gasteiger charge is -1.94. The third-order valence-electron chi connectivity index (χ3n) is 1.57. The van der Waals surface area contributed by atoms with E-state index in [0.717, 1.165) is 0 Å². The molecule has 0 saturated carbocycles. The molecule has 0 unspecified atom stereocenters. The summed E-state index contributed by atoms with van der Waals surface area (Å²) in [5, 5.41) is 3.12. The van der Waals surface area contributed by atoms with Crippen molar-refractivity contribution in [3.05, 3.63) is 23.5 Å². The van der Waals surface area contributed by atoms with Crippen LogP contribution in [0.3, 0.4) is 0 Å². The van der Waals surface area contributed by atoms with Crippen molar-refractivity contribution in [2.45, 2.75) is 26.7 Å². The van der Waals surface area contributed by atoms with Crippen molar-refractivity contribution < 1.29 is 0 Å². The van der Waals surface area contributed by atoms with Crippen molar-refractivity contribution in [3.63, 3.8) is 0 Å². The van der Waals surface area contributed by atoms with Crippen LogP contribution in [-0.2, 0) is 0 Å². The first-order valence-electron chi connectivity index (χ1n) is 3.36. The molecular formula is C8H13N. The van der Waals surface area contributed by atoms with E-state index in [0.29, 0.717) is 0 Å². The summed E-state index contributed by atoms with van der Waals surface area (Å²) in [5.74, 6) is 0. The lowest BCUT2D eigenvalue weighted by Crippen LogP contribution is -1.91. The molecule has 0 aromatic heterocycles. The Morgan fingerprint density at radius 2 is 1.56 bits per heavy atom. The predicted molar refractivity (Wildman–Crippen MR) is 39.9 cm³/mol. The highest BCUT2D eigenvalue weighted by Gasteiger charge is 1.95. The minimum Gasteiger partial charge on any atom is -0.368 e. The Hall–Kier alpha value is -0.720. The molecule has 0 aromatic rings. The Bertz CT molecular complexity index is 136. The van der Waals surface area contributed by atoms with Crippen molar-refractivity contribution in [2.24, 2.45) is 0 Å². The average molecular weight is 123 g/mol. The zero-order valence-electron chi connectivity index (χ0n) is 6.07. The molecule has 50 valence electrons. The molecule has 1 rings (SSSR count). The molecule has 1 aliphatic rings. The first-order chi connectivity index (χ1) is 4.29. The molecule has 0 fully saturated rings. The van der Waals surface area contributed by atoms with Gasteiger partial charge in [-0.1, -0.05) is 11.1 Å². The first-order valence-corrected chi connectivity index (χ1v) is 3.36. The zero-order chi connectivity index (χ0) is 6.69. The summed E-state index contributed by atoms with van der Waals surface area (Å²) < 4.78 is 0. The van der Waals surface area contributed by atoms with Gasteiger partial charge in [-0.3, -0.25) is 0 Å². The highest BCUT2D eigenvalue weighted by atomic mass is 14.8. The van der Waals surface area contributed by atoms with Gasteiger partial charge >= 0.3 is 0 Å². The number of hydrogen-bond acceptors (Lipinski definition) is 1. The fourth-order valence-electron chi connectivity index (χ4n) is 0.865. The molecule has 0 aliphatic carbocycles. The van der Waals surface area contributed by atoms with Gasteiger partial charge < -0.3 is 5.32 Å². The van der Waals surface area contributed by atoms with Crippen LogP contribution in [0, 0.1) is 0 Å². The van der Waals surface area contributed by atoms with Gasteiger partial charge in [0.15, 0.2) is 0 Å². The highest BCUT2D eigenvalue weighted by molar-refractivity contribution is 5.10. The van der Waals surface area contributed by atoms with Crippen molar-refractivity contribution >= 4 is 0 Å². The number of hydrogen-bond donors (Lipinski definition) is 1. The fraction of sp³-hybridized carbons (Fsp3) is 0.500. The van der Waals surface area contributed by atoms with Crippen molar-refractivity contribution in [1.82, 2.24) is 5.32 Å². The van der Waals surface area contributed by atoms with Crippen molar-refractivity contribution in [3.8, 4) is 0 Å². The molecule has 0 saturated heterocycles. The van der Waals surface area contributed by atoms with E-state index < -0.39 is 0 Å². The number of nitrogens with one attached hydrogen (secondary N) is 1. The second kappa shape index (κ2) is 2.72. The summed E-state index contributed by atoms with van der Waals surface area (Å²) in [5.41, 5.74) is 2.87. The predicted octanol–water partition coefficient (Wildman–Crippen LogP) is 2.18. The largest absolute Gasteiger partial charge is 0.368 e. The molecule has 1 heteroatoms. The van der Waals surface area contributed by atoms with Gasteiger partial charge in [-0.2, -0.15) is 0 Å². The van der Waals surface area contributed by atoms with E-state index in [-0.39, 0.29) is 0 Å². The molecule has 1 aliphatic heterocycles. The standard InChI is InChI=1S/C8H13N/c1-7-3-4-8(2)6-9-5-7/h5-6,9H,3-4H2,1-2H3. The molecule has 0 atom stereocenters. The summed E-state index contributed by atoms with van der Waals surface area (Å²) in [4.78, 5) is 0. The molecule has 0 radical (unpaired) electrons. The zero-order valence-corrected chi connectivity index (χ0v) is 6.07. The maximum atomic E-state index is 3.12. The van der Waals surface area contributed by atoms with E-state index in [4.69, 9.17) is 0 Å². The molecular weight excluding hydrogens is 110 g/mol. The average Bonchev–Trinajstić information content (AvgIpc) is 1.97. The van der Waals surface area contributed by atoms with Gasteiger partial charge in [0.2, 0.25) is 0 Å². The van der Waals surface area contributed by atoms with E-state index in [1.807, 2.05) is 0 Å². The molecule has 1 heterocycles. The Morgan fingerprint density at radius 1 is 1.11 bits per heavy atom. The van der Waals surface area contributed by atoms with Gasteiger partial charge in [0.25, 0.3) is 0 Å². The lowest BCUT2D eigenvalue weighted by molar-refractivity contribution is 0.933. The van der Waals surface area contributed by atoms with Crippen LogP contribution in [0.5, 0.6) is 0 Å². The number of allylic oxidation sites excluding steroid dienone is 2. The highest BCUT2D eigenvalue weighted by Crippen LogP contribution is 2.11. The Kier molecular flexibility index (Phi) is 1.93. The molecule has 0 bridgehead atoms. The molecule has 9 heavy (non-hydrogen) atoms. The van der Waals surface area contributed by atoms with Crippen LogP contribution >= 0.6 is 0 Å². The molecule has 0 aromatic carbocycles. The summed E-state index contributed by atoms with van der Waals surface area (Å²) >= 11 is 0. The van der Waals surface area contributed by atoms with Gasteiger partial charge in [0.05, 0.1) is 0 Å². The van der Waals surface area contributed by atoms with Crippen LogP contribution in [0.15, 0.2) is 23.5 Å². The van der Waals surface area contributed by atoms with Crippen LogP contribution in [-0.4, -0.2) is 0 Å². The quantitative estimate of drug-likeness (QED) is 0.520. The van der Waals surface area contributed by atoms with Crippen LogP contribution in [0.2, 0.25) is 0 Å². The Labute approximate surface area is 56.5 Å². The third-order valence-corrected chi connectivity index (χ3v) is 1.57. The Balaban J connectivity index is 2.54. The third kappa shape index (κ3) is 1.92. The minimum absolute atomic E-state index is 1.20. The molecule has 0 spiro atoms. The van der Waals surface area contributed by atoms with Crippen LogP contribution in [0.1, 0.15) is 26.7 Å². The smallest absolute Gasteiger partial charge is 0.000630 e. The van der Waals surface area contributed by atoms with Gasteiger partial charge in [-0.15, -0.1) is 0 Å². The van der Waals surface area contributed by atoms with Crippen molar-refractivity contribution in [1.29, 1.82) is 0 Å². The van der Waals surface area contributed by atoms with Gasteiger partial charge in [0.1, 0.15) is 0 Å². The number of rotatable bonds is 0. The second-order valence-corrected chi connectivity index (χ2v) is 2.65. The molecule has 1 nitrogen and oxygen atoms in total. The molecule has 0 amide bonds. The van der Waals surface area contributed by atoms with E-state index in [1.165, 1.54) is 24.0 Å². The van der Waals surface area contributed by atoms with Gasteiger partial charge in [-0.25, -0.2) is 0 Å². The second-order valence-electron chi connectivity index (χ2n) is 2.65. The summed E-state index contributed by atoms with van der Waals surface area (Å²) in [6.45, 7) is 4.30. The molecule has 1 N–H and O–H groups in total. The first kappa shape index (κ1) is 6.40. The maximum Gasteiger partial charge on any atom is -0.000630 e. The maximum absolute atomic E-state index is 3.12. The lowest BCUT2D eigenvalue weighted by atomic mass is 10.1. The van der Waals surface area contributed by atoms with Crippen LogP contribution in [0.25, 0.3) is 0 Å². The summed E-state index contributed by atoms with van der Waals surface area (Å²) in [7, 11) is 0.